The van der Waals surface area contributed by atoms with Crippen LogP contribution in [0.5, 0.6) is 11.5 Å². The highest BCUT2D eigenvalue weighted by atomic mass is 16.5. The molecule has 3 heteroatoms. The molecule has 3 nitrogen and oxygen atoms in total. The molecule has 0 aliphatic rings. The van der Waals surface area contributed by atoms with Crippen molar-refractivity contribution in [1.82, 2.24) is 0 Å². The lowest BCUT2D eigenvalue weighted by atomic mass is 9.81. The van der Waals surface area contributed by atoms with Crippen molar-refractivity contribution >= 4 is 5.97 Å². The number of rotatable bonds is 9. The van der Waals surface area contributed by atoms with Crippen molar-refractivity contribution in [2.45, 2.75) is 106 Å². The fourth-order valence-corrected chi connectivity index (χ4v) is 3.30. The third-order valence-corrected chi connectivity index (χ3v) is 5.29. The molecule has 0 heterocycles. The Kier molecular flexibility index (Phi) is 9.65. The molecule has 0 saturated heterocycles. The molecule has 1 rings (SSSR count). The van der Waals surface area contributed by atoms with Crippen LogP contribution in [0.1, 0.15) is 106 Å². The molecule has 1 atom stereocenters. The second-order valence-electron chi connectivity index (χ2n) is 10.8. The maximum atomic E-state index is 12.0. The standard InChI is InChI=1S/C27H44O3/c1-11-25(28)30-24-18-21(26(5,6)7)23(17-22(24)27(8,9)10)29-16-15-20(4)14-12-13-19(2)3/h13,17-18,20H,11-12,14-16H2,1-10H3. The van der Waals surface area contributed by atoms with Gasteiger partial charge in [-0.2, -0.15) is 0 Å². The van der Waals surface area contributed by atoms with Gasteiger partial charge in [0, 0.05) is 17.5 Å². The first-order chi connectivity index (χ1) is 13.8. The van der Waals surface area contributed by atoms with Gasteiger partial charge in [-0.3, -0.25) is 4.79 Å². The SMILES string of the molecule is CCC(=O)Oc1cc(C(C)(C)C)c(OCCC(C)CCC=C(C)C)cc1C(C)(C)C. The van der Waals surface area contributed by atoms with E-state index in [2.05, 4.69) is 74.5 Å². The number of ether oxygens (including phenoxy) is 2. The van der Waals surface area contributed by atoms with E-state index in [-0.39, 0.29) is 16.8 Å². The molecule has 0 fully saturated rings. The molecule has 1 aromatic carbocycles. The van der Waals surface area contributed by atoms with E-state index in [1.54, 1.807) is 0 Å². The number of esters is 1. The Morgan fingerprint density at radius 2 is 1.50 bits per heavy atom. The summed E-state index contributed by atoms with van der Waals surface area (Å²) < 4.78 is 12.0. The van der Waals surface area contributed by atoms with Gasteiger partial charge >= 0.3 is 5.97 Å². The van der Waals surface area contributed by atoms with Crippen molar-refractivity contribution in [2.75, 3.05) is 6.61 Å². The summed E-state index contributed by atoms with van der Waals surface area (Å²) in [5.74, 6) is 1.96. The number of carbonyl (C=O) groups excluding carboxylic acids is 1. The van der Waals surface area contributed by atoms with E-state index in [0.717, 1.165) is 29.7 Å². The van der Waals surface area contributed by atoms with Crippen molar-refractivity contribution in [1.29, 1.82) is 0 Å². The molecule has 170 valence electrons. The maximum Gasteiger partial charge on any atom is 0.310 e. The van der Waals surface area contributed by atoms with E-state index >= 15 is 0 Å². The van der Waals surface area contributed by atoms with Gasteiger partial charge in [-0.1, -0.05) is 67.0 Å². The molecule has 1 unspecified atom stereocenters. The van der Waals surface area contributed by atoms with Crippen LogP contribution in [0, 0.1) is 5.92 Å². The number of hydrogen-bond acceptors (Lipinski definition) is 3. The highest BCUT2D eigenvalue weighted by Crippen LogP contribution is 2.41. The van der Waals surface area contributed by atoms with Crippen molar-refractivity contribution in [3.63, 3.8) is 0 Å². The molecule has 0 saturated carbocycles. The van der Waals surface area contributed by atoms with Gasteiger partial charge in [0.2, 0.25) is 0 Å². The lowest BCUT2D eigenvalue weighted by Gasteiger charge is -2.29. The van der Waals surface area contributed by atoms with Gasteiger partial charge in [0.15, 0.2) is 0 Å². The Labute approximate surface area is 185 Å². The summed E-state index contributed by atoms with van der Waals surface area (Å²) in [6.45, 7) is 22.0. The molecule has 0 bridgehead atoms. The van der Waals surface area contributed by atoms with Crippen molar-refractivity contribution < 1.29 is 14.3 Å². The first-order valence-electron chi connectivity index (χ1n) is 11.4. The molecule has 0 radical (unpaired) electrons. The second kappa shape index (κ2) is 11.0. The topological polar surface area (TPSA) is 35.5 Å². The Balaban J connectivity index is 3.11. The van der Waals surface area contributed by atoms with Crippen LogP contribution in [0.15, 0.2) is 23.8 Å². The van der Waals surface area contributed by atoms with Gasteiger partial charge in [0.05, 0.1) is 6.61 Å². The predicted octanol–water partition coefficient (Wildman–Crippen LogP) is 7.75. The van der Waals surface area contributed by atoms with Crippen LogP contribution in [0.25, 0.3) is 0 Å². The maximum absolute atomic E-state index is 12.0. The summed E-state index contributed by atoms with van der Waals surface area (Å²) in [6.07, 6.45) is 6.00. The average molecular weight is 417 g/mol. The summed E-state index contributed by atoms with van der Waals surface area (Å²) >= 11 is 0. The number of benzene rings is 1. The smallest absolute Gasteiger partial charge is 0.310 e. The summed E-state index contributed by atoms with van der Waals surface area (Å²) in [5.41, 5.74) is 3.19. The Hall–Kier alpha value is -1.77. The minimum atomic E-state index is -0.209. The lowest BCUT2D eigenvalue weighted by molar-refractivity contribution is -0.134. The first kappa shape index (κ1) is 26.3. The zero-order valence-corrected chi connectivity index (χ0v) is 21.1. The molecule has 0 aliphatic carbocycles. The third-order valence-electron chi connectivity index (χ3n) is 5.29. The summed E-state index contributed by atoms with van der Waals surface area (Å²) in [6, 6.07) is 4.11. The van der Waals surface area contributed by atoms with E-state index < -0.39 is 0 Å². The monoisotopic (exact) mass is 416 g/mol. The van der Waals surface area contributed by atoms with E-state index in [1.165, 1.54) is 12.0 Å². The Bertz CT molecular complexity index is 726. The second-order valence-corrected chi connectivity index (χ2v) is 10.8. The minimum absolute atomic E-state index is 0.117. The van der Waals surface area contributed by atoms with Crippen LogP contribution in [0.2, 0.25) is 0 Å². The molecule has 0 N–H and O–H groups in total. The molecular weight excluding hydrogens is 372 g/mol. The zero-order valence-electron chi connectivity index (χ0n) is 21.1. The van der Waals surface area contributed by atoms with Crippen LogP contribution in [0.4, 0.5) is 0 Å². The fourth-order valence-electron chi connectivity index (χ4n) is 3.30. The van der Waals surface area contributed by atoms with Crippen molar-refractivity contribution in [3.05, 3.63) is 34.9 Å². The number of carbonyl (C=O) groups is 1. The summed E-state index contributed by atoms with van der Waals surface area (Å²) in [7, 11) is 0. The van der Waals surface area contributed by atoms with E-state index in [0.29, 0.717) is 24.7 Å². The third kappa shape index (κ3) is 8.53. The average Bonchev–Trinajstić information content (AvgIpc) is 2.60. The molecule has 30 heavy (non-hydrogen) atoms. The largest absolute Gasteiger partial charge is 0.493 e. The van der Waals surface area contributed by atoms with Crippen LogP contribution in [-0.4, -0.2) is 12.6 Å². The summed E-state index contributed by atoms with van der Waals surface area (Å²) in [4.78, 5) is 12.0. The van der Waals surface area contributed by atoms with Crippen LogP contribution < -0.4 is 9.47 Å². The minimum Gasteiger partial charge on any atom is -0.493 e. The number of allylic oxidation sites excluding steroid dienone is 2. The molecule has 0 spiro atoms. The van der Waals surface area contributed by atoms with Gasteiger partial charge in [0.1, 0.15) is 11.5 Å². The van der Waals surface area contributed by atoms with Crippen LogP contribution >= 0.6 is 0 Å². The molecule has 0 aromatic heterocycles. The Morgan fingerprint density at radius 1 is 0.967 bits per heavy atom. The zero-order chi connectivity index (χ0) is 23.1. The van der Waals surface area contributed by atoms with Gasteiger partial charge in [-0.25, -0.2) is 0 Å². The van der Waals surface area contributed by atoms with Gasteiger partial charge in [-0.05, 0) is 62.0 Å². The molecule has 1 aromatic rings. The van der Waals surface area contributed by atoms with Crippen molar-refractivity contribution in [3.8, 4) is 11.5 Å². The summed E-state index contributed by atoms with van der Waals surface area (Å²) in [5, 5.41) is 0. The fraction of sp³-hybridized carbons (Fsp3) is 0.667. The molecule has 0 amide bonds. The molecular formula is C27H44O3. The lowest BCUT2D eigenvalue weighted by Crippen LogP contribution is -2.20. The van der Waals surface area contributed by atoms with Gasteiger partial charge in [0.25, 0.3) is 0 Å². The Morgan fingerprint density at radius 3 is 2.00 bits per heavy atom. The van der Waals surface area contributed by atoms with E-state index in [1.807, 2.05) is 13.0 Å². The first-order valence-corrected chi connectivity index (χ1v) is 11.4. The van der Waals surface area contributed by atoms with Gasteiger partial charge < -0.3 is 9.47 Å². The number of hydrogen-bond donors (Lipinski definition) is 0. The predicted molar refractivity (Wildman–Crippen MR) is 128 cm³/mol. The highest BCUT2D eigenvalue weighted by molar-refractivity contribution is 5.73. The van der Waals surface area contributed by atoms with Crippen molar-refractivity contribution in [2.24, 2.45) is 5.92 Å². The molecule has 0 aliphatic heterocycles. The van der Waals surface area contributed by atoms with Crippen LogP contribution in [0.3, 0.4) is 0 Å². The van der Waals surface area contributed by atoms with Crippen LogP contribution in [-0.2, 0) is 15.6 Å². The quantitative estimate of drug-likeness (QED) is 0.234. The van der Waals surface area contributed by atoms with Gasteiger partial charge in [-0.15, -0.1) is 0 Å². The van der Waals surface area contributed by atoms with E-state index in [4.69, 9.17) is 9.47 Å². The highest BCUT2D eigenvalue weighted by Gasteiger charge is 2.27. The van der Waals surface area contributed by atoms with E-state index in [9.17, 15) is 4.79 Å². The normalized spacial score (nSPS) is 13.0.